The number of nitrogens with zero attached hydrogens (tertiary/aromatic N) is 2. The van der Waals surface area contributed by atoms with Gasteiger partial charge in [-0.2, -0.15) is 0 Å². The molecule has 1 atom stereocenters. The molecule has 1 aliphatic rings. The Kier molecular flexibility index (Phi) is 5.87. The molecule has 8 heteroatoms. The van der Waals surface area contributed by atoms with E-state index in [1.165, 1.54) is 28.0 Å². The van der Waals surface area contributed by atoms with Crippen molar-refractivity contribution in [2.24, 2.45) is 4.99 Å². The fraction of sp³-hybridized carbons (Fsp3) is 0.167. The topological polar surface area (TPSA) is 101 Å². The first-order valence-electron chi connectivity index (χ1n) is 9.96. The highest BCUT2D eigenvalue weighted by Gasteiger charge is 2.33. The summed E-state index contributed by atoms with van der Waals surface area (Å²) in [4.78, 5) is 42.2. The summed E-state index contributed by atoms with van der Waals surface area (Å²) in [7, 11) is 0. The van der Waals surface area contributed by atoms with Crippen LogP contribution in [-0.4, -0.2) is 23.1 Å². The second-order valence-electron chi connectivity index (χ2n) is 7.12. The molecule has 0 N–H and O–H groups in total. The van der Waals surface area contributed by atoms with Crippen LogP contribution in [0.5, 0.6) is 0 Å². The van der Waals surface area contributed by atoms with Crippen LogP contribution in [0.4, 0.5) is 0 Å². The molecule has 32 heavy (non-hydrogen) atoms. The number of carbonyl (C=O) groups excluding carboxylic acids is 2. The van der Waals surface area contributed by atoms with Crippen LogP contribution in [0.2, 0.25) is 0 Å². The van der Waals surface area contributed by atoms with Crippen molar-refractivity contribution in [1.29, 1.82) is 0 Å². The van der Waals surface area contributed by atoms with E-state index in [4.69, 9.17) is 4.74 Å². The molecule has 0 spiro atoms. The van der Waals surface area contributed by atoms with Crippen LogP contribution < -0.4 is 20.0 Å². The van der Waals surface area contributed by atoms with Crippen molar-refractivity contribution in [1.82, 2.24) is 4.57 Å². The van der Waals surface area contributed by atoms with Crippen LogP contribution in [0, 0.1) is 0 Å². The summed E-state index contributed by atoms with van der Waals surface area (Å²) in [6.45, 7) is 3.67. The lowest BCUT2D eigenvalue weighted by Crippen LogP contribution is -2.39. The smallest absolute Gasteiger partial charge is 0.338 e. The third-order valence-corrected chi connectivity index (χ3v) is 6.06. The molecular formula is C24H19N2O5S-. The predicted molar refractivity (Wildman–Crippen MR) is 118 cm³/mol. The van der Waals surface area contributed by atoms with Gasteiger partial charge in [-0.1, -0.05) is 65.9 Å². The van der Waals surface area contributed by atoms with Gasteiger partial charge < -0.3 is 14.6 Å². The Bertz CT molecular complexity index is 1400. The molecule has 0 saturated heterocycles. The van der Waals surface area contributed by atoms with Gasteiger partial charge in [0.25, 0.3) is 5.56 Å². The Hall–Kier alpha value is -3.78. The molecule has 0 fully saturated rings. The third-order valence-electron chi connectivity index (χ3n) is 5.08. The number of carboxylic acid groups (broad SMARTS) is 1. The van der Waals surface area contributed by atoms with E-state index in [0.717, 1.165) is 5.56 Å². The fourth-order valence-corrected chi connectivity index (χ4v) is 4.66. The SMILES string of the molecule is CCOC(=O)C1=C(C)N=c2s/c(=C\c3ccc(C(=O)[O-])cc3)c(=O)n2[C@@H]1c1ccccc1. The van der Waals surface area contributed by atoms with Crippen molar-refractivity contribution in [3.8, 4) is 0 Å². The van der Waals surface area contributed by atoms with Gasteiger partial charge in [0.05, 0.1) is 34.4 Å². The third kappa shape index (κ3) is 3.92. The highest BCUT2D eigenvalue weighted by Crippen LogP contribution is 2.30. The van der Waals surface area contributed by atoms with Crippen molar-refractivity contribution in [3.05, 3.63) is 102 Å². The molecule has 3 aromatic rings. The molecule has 2 aromatic carbocycles. The van der Waals surface area contributed by atoms with Gasteiger partial charge in [-0.05, 0) is 36.6 Å². The van der Waals surface area contributed by atoms with E-state index < -0.39 is 18.0 Å². The number of carboxylic acids is 1. The number of ether oxygens (including phenoxy) is 1. The van der Waals surface area contributed by atoms with E-state index in [1.54, 1.807) is 32.1 Å². The first-order chi connectivity index (χ1) is 15.4. The molecule has 1 aliphatic heterocycles. The second kappa shape index (κ2) is 8.76. The van der Waals surface area contributed by atoms with Crippen LogP contribution in [0.1, 0.15) is 41.4 Å². The van der Waals surface area contributed by atoms with Crippen LogP contribution in [0.25, 0.3) is 6.08 Å². The van der Waals surface area contributed by atoms with E-state index in [9.17, 15) is 19.5 Å². The number of rotatable bonds is 5. The highest BCUT2D eigenvalue weighted by atomic mass is 32.1. The zero-order chi connectivity index (χ0) is 22.8. The Balaban J connectivity index is 1.90. The lowest BCUT2D eigenvalue weighted by molar-refractivity contribution is -0.255. The van der Waals surface area contributed by atoms with E-state index in [2.05, 4.69) is 4.99 Å². The molecule has 1 aromatic heterocycles. The summed E-state index contributed by atoms with van der Waals surface area (Å²) < 4.78 is 7.20. The maximum Gasteiger partial charge on any atom is 0.338 e. The van der Waals surface area contributed by atoms with Gasteiger partial charge in [-0.3, -0.25) is 9.36 Å². The summed E-state index contributed by atoms with van der Waals surface area (Å²) in [5.41, 5.74) is 2.04. The van der Waals surface area contributed by atoms with E-state index in [0.29, 0.717) is 26.2 Å². The summed E-state index contributed by atoms with van der Waals surface area (Å²) >= 11 is 1.21. The lowest BCUT2D eigenvalue weighted by Gasteiger charge is -2.24. The Morgan fingerprint density at radius 3 is 2.47 bits per heavy atom. The van der Waals surface area contributed by atoms with Crippen LogP contribution in [0.3, 0.4) is 0 Å². The molecule has 162 valence electrons. The molecule has 0 radical (unpaired) electrons. The Morgan fingerprint density at radius 1 is 1.16 bits per heavy atom. The monoisotopic (exact) mass is 447 g/mol. The van der Waals surface area contributed by atoms with Crippen LogP contribution in [-0.2, 0) is 9.53 Å². The largest absolute Gasteiger partial charge is 0.545 e. The second-order valence-corrected chi connectivity index (χ2v) is 8.13. The molecule has 4 rings (SSSR count). The number of allylic oxidation sites excluding steroid dienone is 1. The van der Waals surface area contributed by atoms with Crippen molar-refractivity contribution < 1.29 is 19.4 Å². The standard InChI is InChI=1S/C24H20N2O5S/c1-3-31-23(30)19-14(2)25-24-26(20(19)16-7-5-4-6-8-16)21(27)18(32-24)13-15-9-11-17(12-10-15)22(28)29/h4-13,20H,3H2,1-2H3,(H,28,29)/p-1/b18-13-/t20-/m1/s1. The number of esters is 1. The first-order valence-corrected chi connectivity index (χ1v) is 10.8. The molecule has 0 unspecified atom stereocenters. The van der Waals surface area contributed by atoms with Crippen molar-refractivity contribution in [2.75, 3.05) is 6.61 Å². The predicted octanol–water partition coefficient (Wildman–Crippen LogP) is 1.16. The average molecular weight is 447 g/mol. The minimum atomic E-state index is -1.26. The summed E-state index contributed by atoms with van der Waals surface area (Å²) in [5.74, 6) is -1.77. The van der Waals surface area contributed by atoms with Gasteiger partial charge in [0.1, 0.15) is 0 Å². The van der Waals surface area contributed by atoms with Crippen molar-refractivity contribution in [2.45, 2.75) is 19.9 Å². The number of fused-ring (bicyclic) bond motifs is 1. The number of thiazole rings is 1. The number of aromatic carboxylic acids is 1. The van der Waals surface area contributed by atoms with Crippen LogP contribution in [0.15, 0.2) is 75.7 Å². The minimum Gasteiger partial charge on any atom is -0.545 e. The number of hydrogen-bond acceptors (Lipinski definition) is 7. The van der Waals surface area contributed by atoms with Gasteiger partial charge in [0.15, 0.2) is 4.80 Å². The van der Waals surface area contributed by atoms with Crippen molar-refractivity contribution in [3.63, 3.8) is 0 Å². The quantitative estimate of drug-likeness (QED) is 0.547. The Labute approximate surface area is 187 Å². The first kappa shape index (κ1) is 21.5. The highest BCUT2D eigenvalue weighted by molar-refractivity contribution is 7.07. The number of aromatic nitrogens is 1. The van der Waals surface area contributed by atoms with E-state index >= 15 is 0 Å². The maximum absolute atomic E-state index is 13.4. The lowest BCUT2D eigenvalue weighted by atomic mass is 9.96. The van der Waals surface area contributed by atoms with Gasteiger partial charge in [-0.25, -0.2) is 9.79 Å². The average Bonchev–Trinajstić information content (AvgIpc) is 3.08. The van der Waals surface area contributed by atoms with Gasteiger partial charge in [0.2, 0.25) is 0 Å². The molecular weight excluding hydrogens is 428 g/mol. The molecule has 0 bridgehead atoms. The number of hydrogen-bond donors (Lipinski definition) is 0. The number of benzene rings is 2. The van der Waals surface area contributed by atoms with Gasteiger partial charge in [-0.15, -0.1) is 0 Å². The molecule has 0 saturated carbocycles. The van der Waals surface area contributed by atoms with Crippen molar-refractivity contribution >= 4 is 29.4 Å². The summed E-state index contributed by atoms with van der Waals surface area (Å²) in [6, 6.07) is 14.7. The fourth-order valence-electron chi connectivity index (χ4n) is 3.61. The summed E-state index contributed by atoms with van der Waals surface area (Å²) in [6.07, 6.45) is 1.67. The van der Waals surface area contributed by atoms with E-state index in [-0.39, 0.29) is 17.7 Å². The minimum absolute atomic E-state index is 0.0578. The zero-order valence-electron chi connectivity index (χ0n) is 17.4. The molecule has 7 nitrogen and oxygen atoms in total. The van der Waals surface area contributed by atoms with Gasteiger partial charge in [0, 0.05) is 0 Å². The van der Waals surface area contributed by atoms with E-state index in [1.807, 2.05) is 30.3 Å². The molecule has 0 amide bonds. The molecule has 0 aliphatic carbocycles. The zero-order valence-corrected chi connectivity index (χ0v) is 18.2. The Morgan fingerprint density at radius 2 is 1.84 bits per heavy atom. The maximum atomic E-state index is 13.4. The van der Waals surface area contributed by atoms with Crippen LogP contribution >= 0.6 is 11.3 Å². The molecule has 2 heterocycles. The normalized spacial score (nSPS) is 15.8. The summed E-state index contributed by atoms with van der Waals surface area (Å²) in [5, 5.41) is 11.0. The van der Waals surface area contributed by atoms with Gasteiger partial charge >= 0.3 is 5.97 Å². The number of carbonyl (C=O) groups is 2.